The van der Waals surface area contributed by atoms with Crippen LogP contribution in [-0.2, 0) is 17.4 Å². The van der Waals surface area contributed by atoms with E-state index in [-0.39, 0.29) is 16.5 Å². The number of carbonyl (C=O) groups is 1. The third-order valence-corrected chi connectivity index (χ3v) is 6.61. The number of thiophene rings is 1. The van der Waals surface area contributed by atoms with Gasteiger partial charge in [0.2, 0.25) is 5.91 Å². The fourth-order valence-corrected chi connectivity index (χ4v) is 4.60. The minimum atomic E-state index is -4.52. The number of thioether (sulfide) groups is 1. The quantitative estimate of drug-likeness (QED) is 0.450. The predicted molar refractivity (Wildman–Crippen MR) is 111 cm³/mol. The second-order valence-electron chi connectivity index (χ2n) is 6.79. The lowest BCUT2D eigenvalue weighted by atomic mass is 10.2. The molecule has 2 aromatic heterocycles. The summed E-state index contributed by atoms with van der Waals surface area (Å²) in [5.74, 6) is 0.367. The largest absolute Gasteiger partial charge is 0.416 e. The van der Waals surface area contributed by atoms with Crippen LogP contribution in [0.2, 0.25) is 5.02 Å². The number of halogens is 4. The molecule has 158 valence electrons. The summed E-state index contributed by atoms with van der Waals surface area (Å²) in [5, 5.41) is 13.6. The standard InChI is InChI=1S/C19H16ClF3N4OS2/c20-14-6-3-11(19(21,22)23)8-15(14)24-17(28)10-30-18-26-25-16(27(18)12-4-5-12)9-13-2-1-7-29-13/h1-3,6-8,12H,4-5,9-10H2,(H,24,28). The van der Waals surface area contributed by atoms with E-state index in [0.717, 1.165) is 36.9 Å². The Morgan fingerprint density at radius 3 is 2.77 bits per heavy atom. The Balaban J connectivity index is 1.43. The molecule has 1 aromatic carbocycles. The fourth-order valence-electron chi connectivity index (χ4n) is 2.91. The predicted octanol–water partition coefficient (Wildman–Crippen LogP) is 5.67. The first-order valence-corrected chi connectivity index (χ1v) is 11.3. The van der Waals surface area contributed by atoms with Crippen LogP contribution in [0.3, 0.4) is 0 Å². The van der Waals surface area contributed by atoms with Crippen LogP contribution < -0.4 is 5.32 Å². The van der Waals surface area contributed by atoms with Gasteiger partial charge in [0, 0.05) is 17.3 Å². The molecular formula is C19H16ClF3N4OS2. The molecule has 30 heavy (non-hydrogen) atoms. The van der Waals surface area contributed by atoms with E-state index in [4.69, 9.17) is 11.6 Å². The van der Waals surface area contributed by atoms with Gasteiger partial charge in [0.05, 0.1) is 22.0 Å². The van der Waals surface area contributed by atoms with E-state index in [2.05, 4.69) is 20.1 Å². The van der Waals surface area contributed by atoms with Gasteiger partial charge in [-0.2, -0.15) is 13.2 Å². The fraction of sp³-hybridized carbons (Fsp3) is 0.316. The molecule has 0 radical (unpaired) electrons. The van der Waals surface area contributed by atoms with Crippen LogP contribution in [-0.4, -0.2) is 26.4 Å². The molecule has 11 heteroatoms. The maximum absolute atomic E-state index is 12.9. The third-order valence-electron chi connectivity index (χ3n) is 4.46. The average molecular weight is 473 g/mol. The number of rotatable bonds is 7. The maximum Gasteiger partial charge on any atom is 0.416 e. The van der Waals surface area contributed by atoms with Gasteiger partial charge in [-0.15, -0.1) is 21.5 Å². The van der Waals surface area contributed by atoms with Crippen LogP contribution in [0.5, 0.6) is 0 Å². The zero-order valence-corrected chi connectivity index (χ0v) is 17.8. The smallest absolute Gasteiger partial charge is 0.324 e. The number of nitrogens with zero attached hydrogens (tertiary/aromatic N) is 3. The monoisotopic (exact) mass is 472 g/mol. The molecule has 0 unspecified atom stereocenters. The van der Waals surface area contributed by atoms with Gasteiger partial charge in [-0.3, -0.25) is 4.79 Å². The summed E-state index contributed by atoms with van der Waals surface area (Å²) in [4.78, 5) is 13.5. The summed E-state index contributed by atoms with van der Waals surface area (Å²) < 4.78 is 40.7. The molecule has 1 amide bonds. The minimum Gasteiger partial charge on any atom is -0.324 e. The lowest BCUT2D eigenvalue weighted by Gasteiger charge is -2.12. The van der Waals surface area contributed by atoms with Crippen molar-refractivity contribution in [2.45, 2.75) is 36.6 Å². The molecule has 1 aliphatic carbocycles. The van der Waals surface area contributed by atoms with Crippen molar-refractivity contribution in [1.82, 2.24) is 14.8 Å². The van der Waals surface area contributed by atoms with Gasteiger partial charge in [-0.05, 0) is 42.5 Å². The zero-order chi connectivity index (χ0) is 21.3. The van der Waals surface area contributed by atoms with Crippen molar-refractivity contribution >= 4 is 46.3 Å². The summed E-state index contributed by atoms with van der Waals surface area (Å²) >= 11 is 8.79. The number of hydrogen-bond donors (Lipinski definition) is 1. The highest BCUT2D eigenvalue weighted by Crippen LogP contribution is 2.39. The summed E-state index contributed by atoms with van der Waals surface area (Å²) in [6, 6.07) is 7.18. The van der Waals surface area contributed by atoms with Gasteiger partial charge in [0.1, 0.15) is 5.82 Å². The Kier molecular flexibility index (Phi) is 6.08. The van der Waals surface area contributed by atoms with Crippen molar-refractivity contribution in [2.75, 3.05) is 11.1 Å². The van der Waals surface area contributed by atoms with Crippen molar-refractivity contribution in [2.24, 2.45) is 0 Å². The number of alkyl halides is 3. The molecule has 0 saturated heterocycles. The number of nitrogens with one attached hydrogen (secondary N) is 1. The Bertz CT molecular complexity index is 1050. The topological polar surface area (TPSA) is 59.8 Å². The number of amides is 1. The normalized spacial score (nSPS) is 14.1. The van der Waals surface area contributed by atoms with Crippen LogP contribution in [0.1, 0.15) is 35.1 Å². The first-order valence-electron chi connectivity index (χ1n) is 9.07. The second-order valence-corrected chi connectivity index (χ2v) is 9.17. The van der Waals surface area contributed by atoms with Crippen LogP contribution in [0.25, 0.3) is 0 Å². The van der Waals surface area contributed by atoms with Gasteiger partial charge in [0.25, 0.3) is 0 Å². The SMILES string of the molecule is O=C(CSc1nnc(Cc2cccs2)n1C1CC1)Nc1cc(C(F)(F)F)ccc1Cl. The highest BCUT2D eigenvalue weighted by molar-refractivity contribution is 7.99. The van der Waals surface area contributed by atoms with Gasteiger partial charge < -0.3 is 9.88 Å². The molecule has 1 N–H and O–H groups in total. The molecule has 1 fully saturated rings. The highest BCUT2D eigenvalue weighted by atomic mass is 35.5. The van der Waals surface area contributed by atoms with Gasteiger partial charge >= 0.3 is 6.18 Å². The molecule has 4 rings (SSSR count). The minimum absolute atomic E-state index is 0.0174. The zero-order valence-electron chi connectivity index (χ0n) is 15.4. The van der Waals surface area contributed by atoms with E-state index in [1.165, 1.54) is 16.6 Å². The summed E-state index contributed by atoms with van der Waals surface area (Å²) in [5.41, 5.74) is -0.944. The van der Waals surface area contributed by atoms with Crippen LogP contribution >= 0.6 is 34.7 Å². The third kappa shape index (κ3) is 4.98. The van der Waals surface area contributed by atoms with Crippen LogP contribution in [0.4, 0.5) is 18.9 Å². The van der Waals surface area contributed by atoms with Gasteiger partial charge in [-0.25, -0.2) is 0 Å². The van der Waals surface area contributed by atoms with Crippen molar-refractivity contribution in [3.63, 3.8) is 0 Å². The van der Waals surface area contributed by atoms with E-state index < -0.39 is 17.6 Å². The van der Waals surface area contributed by atoms with E-state index in [1.807, 2.05) is 17.5 Å². The number of hydrogen-bond acceptors (Lipinski definition) is 5. The molecule has 0 aliphatic heterocycles. The summed E-state index contributed by atoms with van der Waals surface area (Å²) in [7, 11) is 0. The highest BCUT2D eigenvalue weighted by Gasteiger charge is 2.32. The molecule has 0 bridgehead atoms. The molecule has 1 aliphatic rings. The van der Waals surface area contributed by atoms with Crippen LogP contribution in [0, 0.1) is 0 Å². The number of benzene rings is 1. The maximum atomic E-state index is 12.9. The van der Waals surface area contributed by atoms with Gasteiger partial charge in [0.15, 0.2) is 5.16 Å². The number of carbonyl (C=O) groups excluding carboxylic acids is 1. The molecule has 0 atom stereocenters. The Labute approximate surface area is 183 Å². The average Bonchev–Trinajstić information content (AvgIpc) is 3.24. The molecular weight excluding hydrogens is 457 g/mol. The summed E-state index contributed by atoms with van der Waals surface area (Å²) in [6.07, 6.45) is -1.77. The van der Waals surface area contributed by atoms with Crippen molar-refractivity contribution in [1.29, 1.82) is 0 Å². The first kappa shape index (κ1) is 21.2. The molecule has 3 aromatic rings. The van der Waals surface area contributed by atoms with Crippen molar-refractivity contribution in [3.8, 4) is 0 Å². The molecule has 5 nitrogen and oxygen atoms in total. The number of aromatic nitrogens is 3. The lowest BCUT2D eigenvalue weighted by Crippen LogP contribution is -2.16. The van der Waals surface area contributed by atoms with Crippen LogP contribution in [0.15, 0.2) is 40.9 Å². The Morgan fingerprint density at radius 1 is 1.30 bits per heavy atom. The van der Waals surface area contributed by atoms with E-state index in [1.54, 1.807) is 11.3 Å². The second kappa shape index (κ2) is 8.60. The summed E-state index contributed by atoms with van der Waals surface area (Å²) in [6.45, 7) is 0. The lowest BCUT2D eigenvalue weighted by molar-refractivity contribution is -0.137. The van der Waals surface area contributed by atoms with Gasteiger partial charge in [-0.1, -0.05) is 29.4 Å². The van der Waals surface area contributed by atoms with E-state index in [9.17, 15) is 18.0 Å². The Morgan fingerprint density at radius 2 is 2.10 bits per heavy atom. The molecule has 1 saturated carbocycles. The van der Waals surface area contributed by atoms with Crippen molar-refractivity contribution in [3.05, 3.63) is 57.0 Å². The Hall–Kier alpha value is -2.04. The molecule has 0 spiro atoms. The van der Waals surface area contributed by atoms with Crippen molar-refractivity contribution < 1.29 is 18.0 Å². The van der Waals surface area contributed by atoms with E-state index in [0.29, 0.717) is 17.6 Å². The number of anilines is 1. The molecule has 2 heterocycles. The first-order chi connectivity index (χ1) is 14.3. The van der Waals surface area contributed by atoms with E-state index >= 15 is 0 Å².